The van der Waals surface area contributed by atoms with E-state index < -0.39 is 0 Å². The maximum absolute atomic E-state index is 12.7. The molecule has 154 valence electrons. The maximum Gasteiger partial charge on any atom is 0.409 e. The molecule has 1 heterocycles. The first-order valence-corrected chi connectivity index (χ1v) is 10.7. The maximum atomic E-state index is 12.7. The van der Waals surface area contributed by atoms with Crippen LogP contribution in [0.1, 0.15) is 63.5 Å². The molecule has 2 aliphatic rings. The van der Waals surface area contributed by atoms with E-state index in [-0.39, 0.29) is 24.2 Å². The standard InChI is InChI=1S/C22H33N3O3/c1-2-28-22(27)25-15-13-19(14-16-25)23-21(26)24-20(17-9-5-3-6-10-17)18-11-7-4-8-12-18/h3,5-6,9-10,18-20H,2,4,7-8,11-16H2,1H3,(H2,23,24,26). The number of urea groups is 1. The van der Waals surface area contributed by atoms with E-state index in [9.17, 15) is 9.59 Å². The average Bonchev–Trinajstić information content (AvgIpc) is 2.74. The second kappa shape index (κ2) is 10.3. The topological polar surface area (TPSA) is 70.7 Å². The van der Waals surface area contributed by atoms with Gasteiger partial charge >= 0.3 is 12.1 Å². The van der Waals surface area contributed by atoms with Gasteiger partial charge in [0.1, 0.15) is 0 Å². The van der Waals surface area contributed by atoms with E-state index in [4.69, 9.17) is 4.74 Å². The van der Waals surface area contributed by atoms with Crippen molar-refractivity contribution in [2.75, 3.05) is 19.7 Å². The Kier molecular flexibility index (Phi) is 7.57. The van der Waals surface area contributed by atoms with Gasteiger partial charge in [-0.3, -0.25) is 0 Å². The highest BCUT2D eigenvalue weighted by molar-refractivity contribution is 5.75. The SMILES string of the molecule is CCOC(=O)N1CCC(NC(=O)NC(c2ccccc2)C2CCCCC2)CC1. The van der Waals surface area contributed by atoms with Crippen LogP contribution in [0.4, 0.5) is 9.59 Å². The lowest BCUT2D eigenvalue weighted by Gasteiger charge is -2.34. The average molecular weight is 388 g/mol. The number of ether oxygens (including phenoxy) is 1. The van der Waals surface area contributed by atoms with Crippen LogP contribution in [0.15, 0.2) is 30.3 Å². The zero-order valence-electron chi connectivity index (χ0n) is 16.9. The van der Waals surface area contributed by atoms with Crippen LogP contribution < -0.4 is 10.6 Å². The van der Waals surface area contributed by atoms with Gasteiger partial charge in [-0.15, -0.1) is 0 Å². The summed E-state index contributed by atoms with van der Waals surface area (Å²) in [7, 11) is 0. The van der Waals surface area contributed by atoms with Crippen LogP contribution in [-0.4, -0.2) is 42.8 Å². The number of carbonyl (C=O) groups is 2. The van der Waals surface area contributed by atoms with Crippen molar-refractivity contribution in [3.8, 4) is 0 Å². The summed E-state index contributed by atoms with van der Waals surface area (Å²) < 4.78 is 5.05. The summed E-state index contributed by atoms with van der Waals surface area (Å²) in [4.78, 5) is 26.3. The van der Waals surface area contributed by atoms with Gasteiger partial charge in [0.2, 0.25) is 0 Å². The number of nitrogens with zero attached hydrogens (tertiary/aromatic N) is 1. The van der Waals surface area contributed by atoms with Gasteiger partial charge in [0, 0.05) is 19.1 Å². The van der Waals surface area contributed by atoms with Crippen LogP contribution in [0.3, 0.4) is 0 Å². The molecule has 2 N–H and O–H groups in total. The minimum Gasteiger partial charge on any atom is -0.450 e. The highest BCUT2D eigenvalue weighted by atomic mass is 16.6. The highest BCUT2D eigenvalue weighted by Crippen LogP contribution is 2.34. The molecule has 0 radical (unpaired) electrons. The molecular formula is C22H33N3O3. The van der Waals surface area contributed by atoms with Crippen molar-refractivity contribution in [1.29, 1.82) is 0 Å². The molecule has 28 heavy (non-hydrogen) atoms. The zero-order valence-corrected chi connectivity index (χ0v) is 16.9. The first kappa shape index (κ1) is 20.5. The molecule has 3 amide bonds. The third kappa shape index (κ3) is 5.63. The van der Waals surface area contributed by atoms with Gasteiger partial charge in [-0.2, -0.15) is 0 Å². The predicted octanol–water partition coefficient (Wildman–Crippen LogP) is 4.23. The fourth-order valence-corrected chi connectivity index (χ4v) is 4.39. The van der Waals surface area contributed by atoms with Crippen LogP contribution in [0.2, 0.25) is 0 Å². The lowest BCUT2D eigenvalue weighted by molar-refractivity contribution is 0.0956. The molecule has 6 heteroatoms. The summed E-state index contributed by atoms with van der Waals surface area (Å²) in [5, 5.41) is 6.37. The molecule has 1 aliphatic heterocycles. The number of likely N-dealkylation sites (tertiary alicyclic amines) is 1. The van der Waals surface area contributed by atoms with Crippen LogP contribution >= 0.6 is 0 Å². The van der Waals surface area contributed by atoms with Crippen LogP contribution in [0.25, 0.3) is 0 Å². The summed E-state index contributed by atoms with van der Waals surface area (Å²) in [5.41, 5.74) is 1.18. The van der Waals surface area contributed by atoms with Gasteiger partial charge in [-0.25, -0.2) is 9.59 Å². The van der Waals surface area contributed by atoms with E-state index in [0.29, 0.717) is 25.6 Å². The lowest BCUT2D eigenvalue weighted by atomic mass is 9.81. The lowest BCUT2D eigenvalue weighted by Crippen LogP contribution is -2.50. The Morgan fingerprint density at radius 1 is 1.07 bits per heavy atom. The molecule has 2 fully saturated rings. The van der Waals surface area contributed by atoms with Gasteiger partial charge < -0.3 is 20.3 Å². The van der Waals surface area contributed by atoms with E-state index >= 15 is 0 Å². The number of rotatable bonds is 5. The Labute approximate surface area is 168 Å². The molecule has 1 aromatic carbocycles. The second-order valence-electron chi connectivity index (χ2n) is 7.86. The third-order valence-corrected chi connectivity index (χ3v) is 5.92. The first-order chi connectivity index (χ1) is 13.7. The van der Waals surface area contributed by atoms with Gasteiger partial charge in [0.25, 0.3) is 0 Å². The number of piperidine rings is 1. The molecule has 1 atom stereocenters. The van der Waals surface area contributed by atoms with E-state index in [0.717, 1.165) is 25.7 Å². The van der Waals surface area contributed by atoms with Crippen LogP contribution in [-0.2, 0) is 4.74 Å². The minimum absolute atomic E-state index is 0.0566. The van der Waals surface area contributed by atoms with Gasteiger partial charge in [-0.05, 0) is 44.1 Å². The largest absolute Gasteiger partial charge is 0.450 e. The summed E-state index contributed by atoms with van der Waals surface area (Å²) in [6, 6.07) is 10.3. The molecule has 0 aromatic heterocycles. The molecule has 1 aromatic rings. The Morgan fingerprint density at radius 3 is 2.39 bits per heavy atom. The van der Waals surface area contributed by atoms with Crippen molar-refractivity contribution in [2.45, 2.75) is 64.0 Å². The van der Waals surface area contributed by atoms with Gasteiger partial charge in [0.15, 0.2) is 0 Å². The quantitative estimate of drug-likeness (QED) is 0.794. The molecule has 1 unspecified atom stereocenters. The molecule has 0 spiro atoms. The summed E-state index contributed by atoms with van der Waals surface area (Å²) in [5.74, 6) is 0.493. The highest BCUT2D eigenvalue weighted by Gasteiger charge is 2.28. The fourth-order valence-electron chi connectivity index (χ4n) is 4.39. The smallest absolute Gasteiger partial charge is 0.409 e. The third-order valence-electron chi connectivity index (χ3n) is 5.92. The number of amides is 3. The number of nitrogens with one attached hydrogen (secondary N) is 2. The van der Waals surface area contributed by atoms with Crippen molar-refractivity contribution in [3.63, 3.8) is 0 Å². The number of hydrogen-bond acceptors (Lipinski definition) is 3. The van der Waals surface area contributed by atoms with Crippen molar-refractivity contribution < 1.29 is 14.3 Å². The minimum atomic E-state index is -0.258. The Bertz CT molecular complexity index is 623. The number of hydrogen-bond donors (Lipinski definition) is 2. The molecule has 1 aliphatic carbocycles. The summed E-state index contributed by atoms with van der Waals surface area (Å²) >= 11 is 0. The van der Waals surface area contributed by atoms with Crippen molar-refractivity contribution >= 4 is 12.1 Å². The predicted molar refractivity (Wildman–Crippen MR) is 109 cm³/mol. The van der Waals surface area contributed by atoms with E-state index in [2.05, 4.69) is 22.8 Å². The van der Waals surface area contributed by atoms with Crippen molar-refractivity contribution in [2.24, 2.45) is 5.92 Å². The number of carbonyl (C=O) groups excluding carboxylic acids is 2. The Hall–Kier alpha value is -2.24. The molecule has 6 nitrogen and oxygen atoms in total. The number of benzene rings is 1. The van der Waals surface area contributed by atoms with Crippen LogP contribution in [0.5, 0.6) is 0 Å². The molecule has 0 bridgehead atoms. The van der Waals surface area contributed by atoms with E-state index in [1.54, 1.807) is 4.90 Å². The van der Waals surface area contributed by atoms with Gasteiger partial charge in [0.05, 0.1) is 12.6 Å². The molecular weight excluding hydrogens is 354 g/mol. The first-order valence-electron chi connectivity index (χ1n) is 10.7. The van der Waals surface area contributed by atoms with Crippen molar-refractivity contribution in [3.05, 3.63) is 35.9 Å². The second-order valence-corrected chi connectivity index (χ2v) is 7.86. The van der Waals surface area contributed by atoms with E-state index in [1.807, 2.05) is 25.1 Å². The normalized spacial score (nSPS) is 19.7. The Morgan fingerprint density at radius 2 is 1.75 bits per heavy atom. The van der Waals surface area contributed by atoms with Crippen LogP contribution in [0, 0.1) is 5.92 Å². The summed E-state index contributed by atoms with van der Waals surface area (Å²) in [6.07, 6.45) is 7.36. The summed E-state index contributed by atoms with van der Waals surface area (Å²) in [6.45, 7) is 3.44. The Balaban J connectivity index is 1.53. The fraction of sp³-hybridized carbons (Fsp3) is 0.636. The molecule has 1 saturated carbocycles. The zero-order chi connectivity index (χ0) is 19.8. The van der Waals surface area contributed by atoms with Crippen molar-refractivity contribution in [1.82, 2.24) is 15.5 Å². The monoisotopic (exact) mass is 387 g/mol. The van der Waals surface area contributed by atoms with Gasteiger partial charge in [-0.1, -0.05) is 49.6 Å². The molecule has 3 rings (SSSR count). The van der Waals surface area contributed by atoms with E-state index in [1.165, 1.54) is 24.8 Å². The molecule has 1 saturated heterocycles.